The number of phenols is 1. The molecule has 0 radical (unpaired) electrons. The first-order valence-corrected chi connectivity index (χ1v) is 13.3. The lowest BCUT2D eigenvalue weighted by Crippen LogP contribution is -2.80. The molecule has 0 aliphatic rings. The van der Waals surface area contributed by atoms with Gasteiger partial charge >= 0.3 is 5.97 Å². The van der Waals surface area contributed by atoms with Gasteiger partial charge in [0.2, 0.25) is 0 Å². The molecule has 0 amide bonds. The normalized spacial score (nSPS) is 11.3. The third-order valence-corrected chi connectivity index (χ3v) is 6.36. The summed E-state index contributed by atoms with van der Waals surface area (Å²) >= 11 is 0.920. The second-order valence-corrected chi connectivity index (χ2v) is 9.00. The fraction of sp³-hybridized carbons (Fsp3) is 0.286. The third-order valence-electron chi connectivity index (χ3n) is 5.78. The van der Waals surface area contributed by atoms with E-state index in [1.54, 1.807) is 30.3 Å². The zero-order valence-corrected chi connectivity index (χ0v) is 22.3. The Morgan fingerprint density at radius 3 is 2.29 bits per heavy atom. The monoisotopic (exact) mass is 540 g/mol. The molecule has 202 valence electrons. The van der Waals surface area contributed by atoms with Crippen molar-refractivity contribution in [1.82, 2.24) is 0 Å². The molecule has 9 nitrogen and oxygen atoms in total. The van der Waals surface area contributed by atoms with E-state index in [4.69, 9.17) is 25.2 Å². The number of rotatable bonds is 13. The lowest BCUT2D eigenvalue weighted by atomic mass is 10.1. The van der Waals surface area contributed by atoms with Gasteiger partial charge in [-0.15, -0.1) is 5.10 Å². The van der Waals surface area contributed by atoms with Crippen LogP contribution >= 0.6 is 11.9 Å². The number of carbonyl (C=O) groups is 1. The molecule has 3 aromatic rings. The molecule has 0 unspecified atom stereocenters. The highest BCUT2D eigenvalue weighted by Crippen LogP contribution is 2.35. The van der Waals surface area contributed by atoms with Crippen LogP contribution in [0.5, 0.6) is 28.7 Å². The predicted molar refractivity (Wildman–Crippen MR) is 148 cm³/mol. The van der Waals surface area contributed by atoms with Gasteiger partial charge < -0.3 is 24.4 Å². The van der Waals surface area contributed by atoms with Crippen molar-refractivity contribution in [2.45, 2.75) is 39.5 Å². The number of aromatic carboxylic acids is 1. The second-order valence-electron chi connectivity index (χ2n) is 8.36. The van der Waals surface area contributed by atoms with Crippen LogP contribution in [0.2, 0.25) is 0 Å². The van der Waals surface area contributed by atoms with Crippen molar-refractivity contribution in [3.05, 3.63) is 76.9 Å². The van der Waals surface area contributed by atoms with Crippen molar-refractivity contribution in [1.29, 1.82) is 0 Å². The third kappa shape index (κ3) is 7.11. The maximum atomic E-state index is 11.6. The quantitative estimate of drug-likeness (QED) is 0.0547. The van der Waals surface area contributed by atoms with Crippen LogP contribution in [0.4, 0.5) is 0 Å². The zero-order chi connectivity index (χ0) is 27.5. The lowest BCUT2D eigenvalue weighted by Gasteiger charge is -2.17. The highest BCUT2D eigenvalue weighted by molar-refractivity contribution is 8.12. The minimum absolute atomic E-state index is 0.0184. The number of hydrogen-bond acceptors (Lipinski definition) is 8. The fourth-order valence-corrected chi connectivity index (χ4v) is 4.29. The largest absolute Gasteiger partial charge is 0.507 e. The van der Waals surface area contributed by atoms with E-state index in [1.165, 1.54) is 6.07 Å². The van der Waals surface area contributed by atoms with E-state index < -0.39 is 5.97 Å². The average molecular weight is 541 g/mol. The van der Waals surface area contributed by atoms with Crippen LogP contribution in [0, 0.1) is 0 Å². The number of nitrogens with one attached hydrogen (secondary N) is 1. The smallest absolute Gasteiger partial charge is 0.339 e. The van der Waals surface area contributed by atoms with Gasteiger partial charge in [0.15, 0.2) is 0 Å². The van der Waals surface area contributed by atoms with E-state index >= 15 is 0 Å². The molecule has 0 aromatic heterocycles. The maximum absolute atomic E-state index is 11.6. The molecule has 0 aliphatic heterocycles. The topological polar surface area (TPSA) is 151 Å². The number of carboxylic acid groups (broad SMARTS) is 1. The Morgan fingerprint density at radius 2 is 1.63 bits per heavy atom. The van der Waals surface area contributed by atoms with Crippen LogP contribution in [0.1, 0.15) is 53.7 Å². The Bertz CT molecular complexity index is 1280. The van der Waals surface area contributed by atoms with Gasteiger partial charge in [-0.05, 0) is 48.7 Å². The number of aromatic hydroxyl groups is 1. The van der Waals surface area contributed by atoms with Gasteiger partial charge in [-0.1, -0.05) is 38.5 Å². The van der Waals surface area contributed by atoms with Gasteiger partial charge in [-0.3, -0.25) is 5.14 Å². The van der Waals surface area contributed by atoms with E-state index in [9.17, 15) is 15.0 Å². The van der Waals surface area contributed by atoms with Gasteiger partial charge in [0.05, 0.1) is 18.8 Å². The van der Waals surface area contributed by atoms with E-state index in [2.05, 4.69) is 12.0 Å². The van der Waals surface area contributed by atoms with Gasteiger partial charge in [0, 0.05) is 30.0 Å². The van der Waals surface area contributed by atoms with Crippen molar-refractivity contribution in [2.75, 3.05) is 13.2 Å². The van der Waals surface area contributed by atoms with Gasteiger partial charge in [-0.25, -0.2) is 10.6 Å². The Morgan fingerprint density at radius 1 is 0.947 bits per heavy atom. The van der Waals surface area contributed by atoms with Crippen LogP contribution in [0.3, 0.4) is 0 Å². The molecule has 0 heterocycles. The summed E-state index contributed by atoms with van der Waals surface area (Å²) in [6, 6.07) is 15.4. The second kappa shape index (κ2) is 14.2. The number of aryl methyl sites for hydroxylation is 1. The summed E-state index contributed by atoms with van der Waals surface area (Å²) in [6.07, 6.45) is 2.87. The molecular formula is C28H34N3O6S+. The summed E-state index contributed by atoms with van der Waals surface area (Å²) in [5.74, 6) is 6.58. The molecule has 0 spiro atoms. The van der Waals surface area contributed by atoms with Crippen LogP contribution in [-0.4, -0.2) is 34.4 Å². The summed E-state index contributed by atoms with van der Waals surface area (Å²) in [6.45, 7) is 4.84. The summed E-state index contributed by atoms with van der Waals surface area (Å²) in [5, 5.41) is 28.5. The van der Waals surface area contributed by atoms with E-state index in [0.717, 1.165) is 29.5 Å². The number of carboxylic acids is 1. The average Bonchev–Trinajstić information content (AvgIpc) is 2.92. The van der Waals surface area contributed by atoms with Gasteiger partial charge in [0.25, 0.3) is 5.04 Å². The molecule has 0 fully saturated rings. The SMILES string of the molecule is CCCc1c(OCCCOc2cc(O)c(/C(=[NH+]/N)SN)cc2CC)cccc1Oc1ccccc1C(=O)O. The fourth-order valence-electron chi connectivity index (χ4n) is 3.93. The van der Waals surface area contributed by atoms with Crippen molar-refractivity contribution < 1.29 is 34.3 Å². The molecule has 3 aromatic carbocycles. The minimum atomic E-state index is -1.05. The molecular weight excluding hydrogens is 506 g/mol. The number of ether oxygens (including phenoxy) is 3. The van der Waals surface area contributed by atoms with Crippen molar-refractivity contribution >= 4 is 23.0 Å². The number of phenolic OH excluding ortho intramolecular Hbond substituents is 1. The molecule has 0 bridgehead atoms. The molecule has 0 aliphatic carbocycles. The number of para-hydroxylation sites is 1. The molecule has 7 N–H and O–H groups in total. The standard InChI is InChI=1S/C28H33N3O6S/c1-3-9-19-23(12-7-13-24(19)37-25-11-6-5-10-20(25)28(33)34)35-14-8-15-36-26-17-22(32)21(16-18(26)4-2)27(31-29)38-30/h5-7,10-13,16-17,32H,3-4,8-9,14-15,29-30H2,1-2H3,(H,33,34)/p+1/b31-27-. The molecule has 0 atom stereocenters. The Kier molecular flexibility index (Phi) is 10.7. The zero-order valence-electron chi connectivity index (χ0n) is 21.5. The van der Waals surface area contributed by atoms with Gasteiger partial charge in [-0.2, -0.15) is 0 Å². The number of benzene rings is 3. The predicted octanol–water partition coefficient (Wildman–Crippen LogP) is 3.55. The molecule has 10 heteroatoms. The highest BCUT2D eigenvalue weighted by Gasteiger charge is 2.19. The first-order valence-electron chi connectivity index (χ1n) is 12.4. The van der Waals surface area contributed by atoms with E-state index in [-0.39, 0.29) is 17.1 Å². The summed E-state index contributed by atoms with van der Waals surface area (Å²) in [5.41, 5.74) is 2.41. The highest BCUT2D eigenvalue weighted by atomic mass is 32.2. The first kappa shape index (κ1) is 28.7. The number of nitrogens with two attached hydrogens (primary N) is 2. The Balaban J connectivity index is 1.66. The molecule has 0 saturated carbocycles. The summed E-state index contributed by atoms with van der Waals surface area (Å²) in [4.78, 5) is 11.6. The number of hydrazone groups is 1. The number of hydrogen-bond donors (Lipinski definition) is 5. The van der Waals surface area contributed by atoms with Gasteiger partial charge in [0.1, 0.15) is 34.3 Å². The van der Waals surface area contributed by atoms with Crippen molar-refractivity contribution in [2.24, 2.45) is 11.0 Å². The van der Waals surface area contributed by atoms with E-state index in [0.29, 0.717) is 60.3 Å². The molecule has 38 heavy (non-hydrogen) atoms. The molecule has 0 saturated heterocycles. The summed E-state index contributed by atoms with van der Waals surface area (Å²) < 4.78 is 18.0. The lowest BCUT2D eigenvalue weighted by molar-refractivity contribution is -0.465. The van der Waals surface area contributed by atoms with Crippen LogP contribution < -0.4 is 30.3 Å². The van der Waals surface area contributed by atoms with Crippen molar-refractivity contribution in [3.63, 3.8) is 0 Å². The van der Waals surface area contributed by atoms with Crippen molar-refractivity contribution in [3.8, 4) is 28.7 Å². The van der Waals surface area contributed by atoms with Crippen LogP contribution in [0.25, 0.3) is 0 Å². The maximum Gasteiger partial charge on any atom is 0.339 e. The van der Waals surface area contributed by atoms with Crippen LogP contribution in [-0.2, 0) is 12.8 Å². The van der Waals surface area contributed by atoms with Crippen LogP contribution in [0.15, 0.2) is 54.6 Å². The summed E-state index contributed by atoms with van der Waals surface area (Å²) in [7, 11) is 0. The van der Waals surface area contributed by atoms with E-state index in [1.807, 2.05) is 25.1 Å². The number of hydrazine groups is 1. The first-order chi connectivity index (χ1) is 18.4. The Labute approximate surface area is 226 Å². The Hall–Kier alpha value is -3.89. The minimum Gasteiger partial charge on any atom is -0.507 e. The molecule has 3 rings (SSSR count).